The van der Waals surface area contributed by atoms with E-state index in [0.29, 0.717) is 22.5 Å². The summed E-state index contributed by atoms with van der Waals surface area (Å²) in [7, 11) is 0. The zero-order chi connectivity index (χ0) is 13.1. The van der Waals surface area contributed by atoms with Crippen molar-refractivity contribution in [1.29, 1.82) is 5.26 Å². The van der Waals surface area contributed by atoms with Crippen molar-refractivity contribution in [2.24, 2.45) is 0 Å². The molecule has 0 bridgehead atoms. The van der Waals surface area contributed by atoms with Crippen LogP contribution >= 0.6 is 0 Å². The minimum atomic E-state index is -0.262. The number of anilines is 3. The van der Waals surface area contributed by atoms with E-state index in [1.807, 2.05) is 6.07 Å². The SMILES string of the molecule is Cc1c(F)cccc1Nc1ccc(C#N)c(N)c1. The first-order chi connectivity index (χ1) is 8.61. The smallest absolute Gasteiger partial charge is 0.128 e. The number of nitrogens with zero attached hydrogens (tertiary/aromatic N) is 1. The molecule has 2 aromatic rings. The molecule has 2 aromatic carbocycles. The van der Waals surface area contributed by atoms with Crippen molar-refractivity contribution in [2.45, 2.75) is 6.92 Å². The molecule has 18 heavy (non-hydrogen) atoms. The monoisotopic (exact) mass is 241 g/mol. The average Bonchev–Trinajstić information content (AvgIpc) is 2.35. The van der Waals surface area contributed by atoms with Crippen molar-refractivity contribution >= 4 is 17.1 Å². The van der Waals surface area contributed by atoms with Gasteiger partial charge in [0, 0.05) is 16.9 Å². The number of hydrogen-bond donors (Lipinski definition) is 2. The summed E-state index contributed by atoms with van der Waals surface area (Å²) in [5.74, 6) is -0.262. The van der Waals surface area contributed by atoms with Crippen LogP contribution < -0.4 is 11.1 Å². The highest BCUT2D eigenvalue weighted by Crippen LogP contribution is 2.24. The molecule has 0 saturated carbocycles. The molecule has 0 heterocycles. The van der Waals surface area contributed by atoms with Crippen LogP contribution in [0.2, 0.25) is 0 Å². The largest absolute Gasteiger partial charge is 0.398 e. The van der Waals surface area contributed by atoms with Gasteiger partial charge in [-0.2, -0.15) is 5.26 Å². The van der Waals surface area contributed by atoms with Crippen LogP contribution in [0, 0.1) is 24.1 Å². The summed E-state index contributed by atoms with van der Waals surface area (Å²) in [6, 6.07) is 11.8. The molecule has 0 amide bonds. The molecule has 0 aliphatic heterocycles. The van der Waals surface area contributed by atoms with Gasteiger partial charge in [-0.05, 0) is 37.3 Å². The maximum absolute atomic E-state index is 13.4. The van der Waals surface area contributed by atoms with Crippen LogP contribution in [0.1, 0.15) is 11.1 Å². The van der Waals surface area contributed by atoms with Crippen molar-refractivity contribution in [1.82, 2.24) is 0 Å². The van der Waals surface area contributed by atoms with E-state index in [9.17, 15) is 4.39 Å². The Morgan fingerprint density at radius 3 is 2.72 bits per heavy atom. The molecule has 3 N–H and O–H groups in total. The molecule has 4 heteroatoms. The predicted octanol–water partition coefficient (Wildman–Crippen LogP) is 3.33. The molecule has 0 radical (unpaired) electrons. The summed E-state index contributed by atoms with van der Waals surface area (Å²) in [5, 5.41) is 11.9. The number of nitrogens with one attached hydrogen (secondary N) is 1. The maximum Gasteiger partial charge on any atom is 0.128 e. The van der Waals surface area contributed by atoms with E-state index in [1.165, 1.54) is 6.07 Å². The highest BCUT2D eigenvalue weighted by Gasteiger charge is 2.05. The van der Waals surface area contributed by atoms with E-state index in [2.05, 4.69) is 5.32 Å². The fourth-order valence-corrected chi connectivity index (χ4v) is 1.64. The molecule has 90 valence electrons. The number of rotatable bonds is 2. The van der Waals surface area contributed by atoms with E-state index >= 15 is 0 Å². The molecule has 0 aromatic heterocycles. The molecule has 2 rings (SSSR count). The molecule has 0 fully saturated rings. The number of nitriles is 1. The van der Waals surface area contributed by atoms with Crippen LogP contribution in [0.25, 0.3) is 0 Å². The van der Waals surface area contributed by atoms with Gasteiger partial charge in [0.1, 0.15) is 11.9 Å². The van der Waals surface area contributed by atoms with Gasteiger partial charge < -0.3 is 11.1 Å². The highest BCUT2D eigenvalue weighted by atomic mass is 19.1. The van der Waals surface area contributed by atoms with Gasteiger partial charge in [-0.1, -0.05) is 6.07 Å². The Labute approximate surface area is 105 Å². The molecular weight excluding hydrogens is 229 g/mol. The number of nitrogen functional groups attached to an aromatic ring is 1. The minimum absolute atomic E-state index is 0.262. The van der Waals surface area contributed by atoms with Crippen LogP contribution in [0.4, 0.5) is 21.5 Å². The minimum Gasteiger partial charge on any atom is -0.398 e. The first-order valence-corrected chi connectivity index (χ1v) is 5.43. The van der Waals surface area contributed by atoms with Gasteiger partial charge in [0.25, 0.3) is 0 Å². The standard InChI is InChI=1S/C14H12FN3/c1-9-12(15)3-2-4-14(9)18-11-6-5-10(8-16)13(17)7-11/h2-7,18H,17H2,1H3. The van der Waals surface area contributed by atoms with Gasteiger partial charge in [-0.3, -0.25) is 0 Å². The molecule has 0 aliphatic carbocycles. The van der Waals surface area contributed by atoms with E-state index in [-0.39, 0.29) is 5.82 Å². The second kappa shape index (κ2) is 4.76. The highest BCUT2D eigenvalue weighted by molar-refractivity contribution is 5.69. The zero-order valence-corrected chi connectivity index (χ0v) is 9.87. The molecule has 0 unspecified atom stereocenters. The van der Waals surface area contributed by atoms with E-state index in [4.69, 9.17) is 11.0 Å². The van der Waals surface area contributed by atoms with E-state index in [0.717, 1.165) is 5.69 Å². The van der Waals surface area contributed by atoms with E-state index in [1.54, 1.807) is 37.3 Å². The zero-order valence-electron chi connectivity index (χ0n) is 9.87. The Morgan fingerprint density at radius 1 is 1.28 bits per heavy atom. The van der Waals surface area contributed by atoms with Crippen LogP contribution in [0.5, 0.6) is 0 Å². The van der Waals surface area contributed by atoms with Crippen molar-refractivity contribution in [3.05, 3.63) is 53.3 Å². The topological polar surface area (TPSA) is 61.8 Å². The summed E-state index contributed by atoms with van der Waals surface area (Å²) < 4.78 is 13.4. The quantitative estimate of drug-likeness (QED) is 0.793. The van der Waals surface area contributed by atoms with Gasteiger partial charge in [-0.15, -0.1) is 0 Å². The van der Waals surface area contributed by atoms with Crippen LogP contribution in [-0.4, -0.2) is 0 Å². The first-order valence-electron chi connectivity index (χ1n) is 5.43. The van der Waals surface area contributed by atoms with Crippen LogP contribution in [0.3, 0.4) is 0 Å². The number of hydrogen-bond acceptors (Lipinski definition) is 3. The lowest BCUT2D eigenvalue weighted by Gasteiger charge is -2.11. The Kier molecular flexibility index (Phi) is 3.16. The fourth-order valence-electron chi connectivity index (χ4n) is 1.64. The van der Waals surface area contributed by atoms with Crippen molar-refractivity contribution in [3.8, 4) is 6.07 Å². The third-order valence-corrected chi connectivity index (χ3v) is 2.72. The first kappa shape index (κ1) is 11.9. The summed E-state index contributed by atoms with van der Waals surface area (Å²) in [6.45, 7) is 1.70. The molecule has 0 spiro atoms. The van der Waals surface area contributed by atoms with E-state index < -0.39 is 0 Å². The number of benzene rings is 2. The van der Waals surface area contributed by atoms with Crippen molar-refractivity contribution in [3.63, 3.8) is 0 Å². The van der Waals surface area contributed by atoms with Gasteiger partial charge >= 0.3 is 0 Å². The number of halogens is 1. The molecule has 0 aliphatic rings. The van der Waals surface area contributed by atoms with Gasteiger partial charge in [-0.25, -0.2) is 4.39 Å². The lowest BCUT2D eigenvalue weighted by atomic mass is 10.1. The average molecular weight is 241 g/mol. The second-order valence-corrected chi connectivity index (χ2v) is 3.95. The van der Waals surface area contributed by atoms with Crippen LogP contribution in [0.15, 0.2) is 36.4 Å². The Bertz CT molecular complexity index is 629. The van der Waals surface area contributed by atoms with Gasteiger partial charge in [0.15, 0.2) is 0 Å². The summed E-state index contributed by atoms with van der Waals surface area (Å²) >= 11 is 0. The molecular formula is C14H12FN3. The summed E-state index contributed by atoms with van der Waals surface area (Å²) in [6.07, 6.45) is 0. The van der Waals surface area contributed by atoms with Gasteiger partial charge in [0.05, 0.1) is 11.3 Å². The number of nitrogens with two attached hydrogens (primary N) is 1. The second-order valence-electron chi connectivity index (χ2n) is 3.95. The normalized spacial score (nSPS) is 9.83. The molecule has 0 atom stereocenters. The van der Waals surface area contributed by atoms with Crippen molar-refractivity contribution in [2.75, 3.05) is 11.1 Å². The lowest BCUT2D eigenvalue weighted by molar-refractivity contribution is 0.619. The third-order valence-electron chi connectivity index (χ3n) is 2.72. The molecule has 0 saturated heterocycles. The predicted molar refractivity (Wildman–Crippen MR) is 70.0 cm³/mol. The summed E-state index contributed by atoms with van der Waals surface area (Å²) in [5.41, 5.74) is 8.49. The Balaban J connectivity index is 2.32. The Morgan fingerprint density at radius 2 is 2.06 bits per heavy atom. The molecule has 3 nitrogen and oxygen atoms in total. The Hall–Kier alpha value is -2.54. The van der Waals surface area contributed by atoms with Crippen LogP contribution in [-0.2, 0) is 0 Å². The maximum atomic E-state index is 13.4. The lowest BCUT2D eigenvalue weighted by Crippen LogP contribution is -1.97. The van der Waals surface area contributed by atoms with Gasteiger partial charge in [0.2, 0.25) is 0 Å². The fraction of sp³-hybridized carbons (Fsp3) is 0.0714. The van der Waals surface area contributed by atoms with Crippen molar-refractivity contribution < 1.29 is 4.39 Å². The summed E-state index contributed by atoms with van der Waals surface area (Å²) in [4.78, 5) is 0. The third kappa shape index (κ3) is 2.25.